The van der Waals surface area contributed by atoms with E-state index in [0.717, 1.165) is 25.6 Å². The lowest BCUT2D eigenvalue weighted by Gasteiger charge is -2.31. The van der Waals surface area contributed by atoms with Crippen LogP contribution in [0.25, 0.3) is 0 Å². The Morgan fingerprint density at radius 3 is 2.21 bits per heavy atom. The van der Waals surface area contributed by atoms with E-state index in [1.807, 2.05) is 26.8 Å². The predicted octanol–water partition coefficient (Wildman–Crippen LogP) is 5.00. The molecule has 1 atom stereocenters. The Morgan fingerprint density at radius 2 is 1.67 bits per heavy atom. The third kappa shape index (κ3) is 9.15. The summed E-state index contributed by atoms with van der Waals surface area (Å²) in [5.74, 6) is 0.294. The average molecular weight is 329 g/mol. The van der Waals surface area contributed by atoms with Crippen molar-refractivity contribution in [2.24, 2.45) is 11.3 Å². The summed E-state index contributed by atoms with van der Waals surface area (Å²) in [7, 11) is 2.29. The Balaban J connectivity index is 2.37. The van der Waals surface area contributed by atoms with Crippen LogP contribution < -0.4 is 5.46 Å². The van der Waals surface area contributed by atoms with Gasteiger partial charge < -0.3 is 4.74 Å². The summed E-state index contributed by atoms with van der Waals surface area (Å²) in [4.78, 5) is 12.2. The first kappa shape index (κ1) is 20.8. The van der Waals surface area contributed by atoms with Crippen molar-refractivity contribution in [2.75, 3.05) is 0 Å². The van der Waals surface area contributed by atoms with Gasteiger partial charge in [-0.15, -0.1) is 0 Å². The zero-order chi connectivity index (χ0) is 18.2. The molecule has 0 saturated carbocycles. The minimum atomic E-state index is -0.399. The Kier molecular flexibility index (Phi) is 8.05. The van der Waals surface area contributed by atoms with E-state index >= 15 is 0 Å². The van der Waals surface area contributed by atoms with Crippen molar-refractivity contribution in [1.82, 2.24) is 0 Å². The fraction of sp³-hybridized carbons (Fsp3) is 0.667. The van der Waals surface area contributed by atoms with Crippen molar-refractivity contribution in [3.63, 3.8) is 0 Å². The number of carbonyl (C=O) groups is 1. The first-order valence-corrected chi connectivity index (χ1v) is 9.18. The van der Waals surface area contributed by atoms with Crippen molar-refractivity contribution in [2.45, 2.75) is 79.1 Å². The van der Waals surface area contributed by atoms with Crippen LogP contribution in [0.5, 0.6) is 0 Å². The summed E-state index contributed by atoms with van der Waals surface area (Å²) in [5.41, 5.74) is 1.02. The largest absolute Gasteiger partial charge is 0.460 e. The highest BCUT2D eigenvalue weighted by Crippen LogP contribution is 2.33. The normalized spacial score (nSPS) is 13.4. The molecule has 1 radical (unpaired) electrons. The zero-order valence-corrected chi connectivity index (χ0v) is 16.4. The second-order valence-corrected chi connectivity index (χ2v) is 8.75. The third-order valence-corrected chi connectivity index (χ3v) is 4.24. The summed E-state index contributed by atoms with van der Waals surface area (Å²) >= 11 is 0. The molecular weight excluding hydrogens is 295 g/mol. The second-order valence-electron chi connectivity index (χ2n) is 8.75. The monoisotopic (exact) mass is 329 g/mol. The highest BCUT2D eigenvalue weighted by Gasteiger charge is 2.28. The van der Waals surface area contributed by atoms with Gasteiger partial charge in [-0.05, 0) is 38.5 Å². The topological polar surface area (TPSA) is 26.3 Å². The molecule has 0 spiro atoms. The van der Waals surface area contributed by atoms with Crippen molar-refractivity contribution in [1.29, 1.82) is 0 Å². The van der Waals surface area contributed by atoms with Crippen LogP contribution >= 0.6 is 0 Å². The van der Waals surface area contributed by atoms with E-state index in [9.17, 15) is 4.79 Å². The number of unbranched alkanes of at least 4 members (excludes halogenated alkanes) is 1. The Bertz CT molecular complexity index is 483. The maximum atomic E-state index is 12.2. The molecule has 0 N–H and O–H groups in total. The van der Waals surface area contributed by atoms with Crippen molar-refractivity contribution >= 4 is 18.7 Å². The van der Waals surface area contributed by atoms with Crippen LogP contribution in [0.2, 0.25) is 6.32 Å². The number of esters is 1. The van der Waals surface area contributed by atoms with Crippen LogP contribution in [-0.4, -0.2) is 18.8 Å². The average Bonchev–Trinajstić information content (AvgIpc) is 2.43. The molecule has 0 aliphatic rings. The minimum Gasteiger partial charge on any atom is -0.460 e. The summed E-state index contributed by atoms with van der Waals surface area (Å²) in [6.07, 6.45) is 4.99. The maximum Gasteiger partial charge on any atom is 0.306 e. The van der Waals surface area contributed by atoms with E-state index in [2.05, 4.69) is 52.3 Å². The number of benzene rings is 1. The zero-order valence-electron chi connectivity index (χ0n) is 16.4. The van der Waals surface area contributed by atoms with Gasteiger partial charge in [0.1, 0.15) is 5.60 Å². The van der Waals surface area contributed by atoms with Crippen LogP contribution in [0.4, 0.5) is 0 Å². The molecule has 1 rings (SSSR count). The van der Waals surface area contributed by atoms with Gasteiger partial charge in [0.2, 0.25) is 0 Å². The van der Waals surface area contributed by atoms with Gasteiger partial charge in [-0.2, -0.15) is 0 Å². The van der Waals surface area contributed by atoms with Crippen molar-refractivity contribution in [3.05, 3.63) is 30.3 Å². The molecule has 1 aromatic rings. The van der Waals surface area contributed by atoms with Gasteiger partial charge in [-0.3, -0.25) is 4.79 Å². The van der Waals surface area contributed by atoms with Crippen LogP contribution in [-0.2, 0) is 9.53 Å². The molecule has 0 aromatic heterocycles. The summed E-state index contributed by atoms with van der Waals surface area (Å²) in [6, 6.07) is 10.5. The highest BCUT2D eigenvalue weighted by molar-refractivity contribution is 6.53. The van der Waals surface area contributed by atoms with E-state index in [0.29, 0.717) is 12.3 Å². The molecule has 0 aliphatic heterocycles. The van der Waals surface area contributed by atoms with Gasteiger partial charge in [0.05, 0.1) is 0 Å². The quantitative estimate of drug-likeness (QED) is 0.381. The van der Waals surface area contributed by atoms with E-state index in [-0.39, 0.29) is 11.4 Å². The first-order valence-electron chi connectivity index (χ1n) is 9.18. The maximum absolute atomic E-state index is 12.2. The Hall–Kier alpha value is -1.25. The molecule has 3 heteroatoms. The number of ether oxygens (including phenoxy) is 1. The summed E-state index contributed by atoms with van der Waals surface area (Å²) in [6.45, 7) is 12.4. The van der Waals surface area contributed by atoms with E-state index in [4.69, 9.17) is 4.74 Å². The summed E-state index contributed by atoms with van der Waals surface area (Å²) in [5, 5.41) is 0. The molecule has 0 fully saturated rings. The van der Waals surface area contributed by atoms with Gasteiger partial charge in [0, 0.05) is 6.42 Å². The van der Waals surface area contributed by atoms with Gasteiger partial charge in [0.25, 0.3) is 0 Å². The standard InChI is InChI=1S/C21H34BO2/c1-20(2,3)17(16-19(23)24-21(4,5)6)12-10-11-15-22-18-13-8-7-9-14-18/h7-9,13-14,17H,10-12,15-16H2,1-6H3. The number of hydrogen-bond donors (Lipinski definition) is 0. The molecule has 0 aliphatic carbocycles. The fourth-order valence-electron chi connectivity index (χ4n) is 2.82. The van der Waals surface area contributed by atoms with E-state index in [1.54, 1.807) is 0 Å². The van der Waals surface area contributed by atoms with Crippen LogP contribution in [0, 0.1) is 11.3 Å². The number of hydrogen-bond acceptors (Lipinski definition) is 2. The molecule has 24 heavy (non-hydrogen) atoms. The lowest BCUT2D eigenvalue weighted by atomic mass is 9.66. The highest BCUT2D eigenvalue weighted by atomic mass is 16.6. The molecule has 0 heterocycles. The molecule has 0 bridgehead atoms. The van der Waals surface area contributed by atoms with Gasteiger partial charge in [0.15, 0.2) is 7.28 Å². The Labute approximate surface area is 149 Å². The molecule has 1 unspecified atom stereocenters. The van der Waals surface area contributed by atoms with Crippen LogP contribution in [0.3, 0.4) is 0 Å². The molecule has 133 valence electrons. The first-order chi connectivity index (χ1) is 11.1. The lowest BCUT2D eigenvalue weighted by molar-refractivity contribution is -0.157. The fourth-order valence-corrected chi connectivity index (χ4v) is 2.82. The van der Waals surface area contributed by atoms with Gasteiger partial charge >= 0.3 is 5.97 Å². The SMILES string of the molecule is CC(C)(C)OC(=O)CC(CCCC[B]c1ccccc1)C(C)(C)C. The predicted molar refractivity (Wildman–Crippen MR) is 104 cm³/mol. The molecule has 1 aromatic carbocycles. The summed E-state index contributed by atoms with van der Waals surface area (Å²) < 4.78 is 5.50. The van der Waals surface area contributed by atoms with Crippen molar-refractivity contribution in [3.8, 4) is 0 Å². The smallest absolute Gasteiger partial charge is 0.306 e. The third-order valence-electron chi connectivity index (χ3n) is 4.24. The molecule has 0 amide bonds. The van der Waals surface area contributed by atoms with Crippen LogP contribution in [0.15, 0.2) is 30.3 Å². The van der Waals surface area contributed by atoms with Crippen LogP contribution in [0.1, 0.15) is 67.2 Å². The van der Waals surface area contributed by atoms with E-state index in [1.165, 1.54) is 5.46 Å². The number of carbonyl (C=O) groups excluding carboxylic acids is 1. The van der Waals surface area contributed by atoms with Gasteiger partial charge in [-0.1, -0.05) is 75.7 Å². The van der Waals surface area contributed by atoms with Gasteiger partial charge in [-0.25, -0.2) is 0 Å². The minimum absolute atomic E-state index is 0.0710. The lowest BCUT2D eigenvalue weighted by Crippen LogP contribution is -2.29. The molecular formula is C21H34BO2. The van der Waals surface area contributed by atoms with E-state index < -0.39 is 5.60 Å². The molecule has 2 nitrogen and oxygen atoms in total. The number of rotatable bonds is 8. The molecule has 0 saturated heterocycles. The van der Waals surface area contributed by atoms with Crippen molar-refractivity contribution < 1.29 is 9.53 Å². The second kappa shape index (κ2) is 9.29. The Morgan fingerprint density at radius 1 is 1.04 bits per heavy atom.